The molecule has 2 aromatic carbocycles. The molecule has 0 amide bonds. The highest BCUT2D eigenvalue weighted by molar-refractivity contribution is 5.83. The summed E-state index contributed by atoms with van der Waals surface area (Å²) >= 11 is 0. The van der Waals surface area contributed by atoms with Crippen LogP contribution in [0, 0.1) is 20.8 Å². The standard InChI is InChI=1S/C21H22N2/c1-15-12-16(2)21(17(3)13-15)23-22-14-19-10-6-7-11-20(19)18-8-4-5-9-18/h4-14,18,23H,1-3H3. The van der Waals surface area contributed by atoms with Crippen LogP contribution in [0.3, 0.4) is 0 Å². The molecule has 0 bridgehead atoms. The number of hydrogen-bond acceptors (Lipinski definition) is 2. The van der Waals surface area contributed by atoms with Gasteiger partial charge in [0, 0.05) is 5.92 Å². The fourth-order valence-electron chi connectivity index (χ4n) is 3.09. The first kappa shape index (κ1) is 15.3. The molecule has 0 aromatic heterocycles. The van der Waals surface area contributed by atoms with Gasteiger partial charge in [-0.3, -0.25) is 5.43 Å². The number of hydrazone groups is 1. The van der Waals surface area contributed by atoms with E-state index in [1.165, 1.54) is 22.3 Å². The van der Waals surface area contributed by atoms with Crippen LogP contribution in [-0.4, -0.2) is 6.21 Å². The van der Waals surface area contributed by atoms with E-state index in [4.69, 9.17) is 0 Å². The first-order chi connectivity index (χ1) is 11.1. The van der Waals surface area contributed by atoms with Crippen molar-refractivity contribution < 1.29 is 0 Å². The van der Waals surface area contributed by atoms with Crippen molar-refractivity contribution in [2.75, 3.05) is 5.43 Å². The SMILES string of the molecule is Cc1cc(C)c(NN=Cc2ccccc2C2C=CC=C2)c(C)c1. The van der Waals surface area contributed by atoms with Gasteiger partial charge in [0.25, 0.3) is 0 Å². The molecular formula is C21H22N2. The van der Waals surface area contributed by atoms with Crippen LogP contribution >= 0.6 is 0 Å². The lowest BCUT2D eigenvalue weighted by Crippen LogP contribution is -2.00. The lowest BCUT2D eigenvalue weighted by Gasteiger charge is -2.11. The summed E-state index contributed by atoms with van der Waals surface area (Å²) in [4.78, 5) is 0. The van der Waals surface area contributed by atoms with Crippen LogP contribution in [0.4, 0.5) is 5.69 Å². The van der Waals surface area contributed by atoms with Crippen molar-refractivity contribution in [3.8, 4) is 0 Å². The van der Waals surface area contributed by atoms with Crippen LogP contribution in [0.25, 0.3) is 0 Å². The summed E-state index contributed by atoms with van der Waals surface area (Å²) in [5.74, 6) is 0.348. The summed E-state index contributed by atoms with van der Waals surface area (Å²) in [5.41, 5.74) is 10.4. The Hall–Kier alpha value is -2.61. The molecule has 0 saturated heterocycles. The molecule has 0 atom stereocenters. The van der Waals surface area contributed by atoms with Gasteiger partial charge in [0.05, 0.1) is 11.9 Å². The highest BCUT2D eigenvalue weighted by atomic mass is 15.3. The van der Waals surface area contributed by atoms with Gasteiger partial charge in [-0.05, 0) is 43.0 Å². The maximum atomic E-state index is 4.47. The summed E-state index contributed by atoms with van der Waals surface area (Å²) in [6, 6.07) is 12.7. The molecule has 1 aliphatic rings. The van der Waals surface area contributed by atoms with Gasteiger partial charge < -0.3 is 0 Å². The number of nitrogens with one attached hydrogen (secondary N) is 1. The normalized spacial score (nSPS) is 14.0. The Morgan fingerprint density at radius 3 is 2.30 bits per heavy atom. The molecule has 1 N–H and O–H groups in total. The third-order valence-electron chi connectivity index (χ3n) is 4.16. The van der Waals surface area contributed by atoms with Crippen LogP contribution in [0.1, 0.15) is 33.7 Å². The molecule has 0 unspecified atom stereocenters. The van der Waals surface area contributed by atoms with E-state index in [0.29, 0.717) is 5.92 Å². The van der Waals surface area contributed by atoms with E-state index in [9.17, 15) is 0 Å². The van der Waals surface area contributed by atoms with E-state index in [1.54, 1.807) is 0 Å². The van der Waals surface area contributed by atoms with Crippen LogP contribution in [0.2, 0.25) is 0 Å². The van der Waals surface area contributed by atoms with Gasteiger partial charge >= 0.3 is 0 Å². The van der Waals surface area contributed by atoms with E-state index in [1.807, 2.05) is 6.21 Å². The topological polar surface area (TPSA) is 24.4 Å². The second-order valence-electron chi connectivity index (χ2n) is 6.07. The predicted octanol–water partition coefficient (Wildman–Crippen LogP) is 5.27. The van der Waals surface area contributed by atoms with Gasteiger partial charge in [-0.1, -0.05) is 66.3 Å². The number of rotatable bonds is 4. The summed E-state index contributed by atoms with van der Waals surface area (Å²) in [6.45, 7) is 6.34. The summed E-state index contributed by atoms with van der Waals surface area (Å²) in [7, 11) is 0. The molecular weight excluding hydrogens is 280 g/mol. The number of benzene rings is 2. The first-order valence-electron chi connectivity index (χ1n) is 7.96. The summed E-state index contributed by atoms with van der Waals surface area (Å²) < 4.78 is 0. The van der Waals surface area contributed by atoms with E-state index in [-0.39, 0.29) is 0 Å². The minimum absolute atomic E-state index is 0.348. The molecule has 3 rings (SSSR count). The van der Waals surface area contributed by atoms with Gasteiger partial charge in [0.2, 0.25) is 0 Å². The lowest BCUT2D eigenvalue weighted by atomic mass is 9.96. The average molecular weight is 302 g/mol. The van der Waals surface area contributed by atoms with E-state index >= 15 is 0 Å². The first-order valence-corrected chi connectivity index (χ1v) is 7.96. The maximum Gasteiger partial charge on any atom is 0.0620 e. The minimum atomic E-state index is 0.348. The molecule has 1 aliphatic carbocycles. The molecule has 2 nitrogen and oxygen atoms in total. The molecule has 0 spiro atoms. The van der Waals surface area contributed by atoms with Gasteiger partial charge in [0.1, 0.15) is 0 Å². The summed E-state index contributed by atoms with van der Waals surface area (Å²) in [5, 5.41) is 4.47. The van der Waals surface area contributed by atoms with Gasteiger partial charge in [-0.15, -0.1) is 0 Å². The van der Waals surface area contributed by atoms with E-state index in [2.05, 4.69) is 92.0 Å². The number of hydrogen-bond donors (Lipinski definition) is 1. The third kappa shape index (κ3) is 3.42. The Morgan fingerprint density at radius 1 is 0.957 bits per heavy atom. The van der Waals surface area contributed by atoms with E-state index in [0.717, 1.165) is 11.3 Å². The van der Waals surface area contributed by atoms with Crippen molar-refractivity contribution >= 4 is 11.9 Å². The van der Waals surface area contributed by atoms with Crippen LogP contribution in [0.15, 0.2) is 65.8 Å². The Labute approximate surface area is 138 Å². The fourth-order valence-corrected chi connectivity index (χ4v) is 3.09. The predicted molar refractivity (Wildman–Crippen MR) is 99.3 cm³/mol. The zero-order valence-electron chi connectivity index (χ0n) is 13.9. The molecule has 0 heterocycles. The van der Waals surface area contributed by atoms with Crippen molar-refractivity contribution in [2.45, 2.75) is 26.7 Å². The lowest BCUT2D eigenvalue weighted by molar-refractivity contribution is 1.10. The van der Waals surface area contributed by atoms with Gasteiger partial charge in [-0.25, -0.2) is 0 Å². The molecule has 0 radical (unpaired) electrons. The van der Waals surface area contributed by atoms with Crippen LogP contribution in [-0.2, 0) is 0 Å². The monoisotopic (exact) mass is 302 g/mol. The summed E-state index contributed by atoms with van der Waals surface area (Å²) in [6.07, 6.45) is 10.5. The highest BCUT2D eigenvalue weighted by Crippen LogP contribution is 2.25. The zero-order valence-corrected chi connectivity index (χ0v) is 13.9. The van der Waals surface area contributed by atoms with Crippen LogP contribution in [0.5, 0.6) is 0 Å². The molecule has 2 heteroatoms. The Balaban J connectivity index is 1.82. The molecule has 0 fully saturated rings. The quantitative estimate of drug-likeness (QED) is 0.604. The molecule has 0 aliphatic heterocycles. The van der Waals surface area contributed by atoms with Crippen molar-refractivity contribution in [1.29, 1.82) is 0 Å². The van der Waals surface area contributed by atoms with Crippen molar-refractivity contribution in [2.24, 2.45) is 5.10 Å². The Morgan fingerprint density at radius 2 is 1.61 bits per heavy atom. The third-order valence-corrected chi connectivity index (χ3v) is 4.16. The fraction of sp³-hybridized carbons (Fsp3) is 0.190. The maximum absolute atomic E-state index is 4.47. The number of allylic oxidation sites excluding steroid dienone is 4. The Bertz CT molecular complexity index is 762. The molecule has 23 heavy (non-hydrogen) atoms. The van der Waals surface area contributed by atoms with Crippen molar-refractivity contribution in [3.05, 3.63) is 88.5 Å². The Kier molecular flexibility index (Phi) is 4.42. The highest BCUT2D eigenvalue weighted by Gasteiger charge is 2.10. The second kappa shape index (κ2) is 6.66. The largest absolute Gasteiger partial charge is 0.278 e. The zero-order chi connectivity index (χ0) is 16.2. The molecule has 0 saturated carbocycles. The molecule has 2 aromatic rings. The number of aryl methyl sites for hydroxylation is 3. The smallest absolute Gasteiger partial charge is 0.0620 e. The minimum Gasteiger partial charge on any atom is -0.278 e. The van der Waals surface area contributed by atoms with Crippen LogP contribution < -0.4 is 5.43 Å². The average Bonchev–Trinajstić information content (AvgIpc) is 3.04. The van der Waals surface area contributed by atoms with E-state index < -0.39 is 0 Å². The second-order valence-corrected chi connectivity index (χ2v) is 6.07. The molecule has 116 valence electrons. The van der Waals surface area contributed by atoms with Crippen molar-refractivity contribution in [3.63, 3.8) is 0 Å². The number of nitrogens with zero attached hydrogens (tertiary/aromatic N) is 1. The van der Waals surface area contributed by atoms with Gasteiger partial charge in [-0.2, -0.15) is 5.10 Å². The van der Waals surface area contributed by atoms with Gasteiger partial charge in [0.15, 0.2) is 0 Å². The number of anilines is 1. The van der Waals surface area contributed by atoms with Crippen molar-refractivity contribution in [1.82, 2.24) is 0 Å².